The number of hydrogen-bond donors (Lipinski definition) is 3. The van der Waals surface area contributed by atoms with Gasteiger partial charge in [-0.1, -0.05) is 19.9 Å². The number of anilines is 1. The summed E-state index contributed by atoms with van der Waals surface area (Å²) in [5.41, 5.74) is 3.32. The van der Waals surface area contributed by atoms with Crippen LogP contribution in [0.25, 0.3) is 0 Å². The van der Waals surface area contributed by atoms with Crippen molar-refractivity contribution in [2.75, 3.05) is 5.32 Å². The molecule has 0 fully saturated rings. The maximum Gasteiger partial charge on any atom is 0.326 e. The molecule has 21 heavy (non-hydrogen) atoms. The molecule has 1 aromatic carbocycles. The highest BCUT2D eigenvalue weighted by atomic mass is 16.4. The van der Waals surface area contributed by atoms with Crippen LogP contribution in [0.5, 0.6) is 0 Å². The Morgan fingerprint density at radius 1 is 1.24 bits per heavy atom. The van der Waals surface area contributed by atoms with Crippen LogP contribution in [0.3, 0.4) is 0 Å². The number of hydrogen-bond acceptors (Lipinski definition) is 2. The highest BCUT2D eigenvalue weighted by molar-refractivity contribution is 5.92. The molecule has 0 aliphatic heterocycles. The number of aryl methyl sites for hydroxylation is 2. The van der Waals surface area contributed by atoms with E-state index in [1.54, 1.807) is 0 Å². The number of urea groups is 1. The first-order chi connectivity index (χ1) is 9.95. The summed E-state index contributed by atoms with van der Waals surface area (Å²) in [7, 11) is 0. The monoisotopic (exact) mass is 290 g/mol. The number of fused-ring (bicyclic) bond motifs is 1. The van der Waals surface area contributed by atoms with Crippen LogP contribution in [0.15, 0.2) is 18.2 Å². The lowest BCUT2D eigenvalue weighted by Crippen LogP contribution is -2.43. The Morgan fingerprint density at radius 3 is 2.62 bits per heavy atom. The molecule has 1 aromatic rings. The van der Waals surface area contributed by atoms with E-state index < -0.39 is 18.0 Å². The first kappa shape index (κ1) is 15.4. The normalized spacial score (nSPS) is 14.6. The summed E-state index contributed by atoms with van der Waals surface area (Å²) in [6, 6.07) is 4.53. The molecule has 3 N–H and O–H groups in total. The minimum atomic E-state index is -1.01. The molecule has 0 bridgehead atoms. The van der Waals surface area contributed by atoms with Crippen molar-refractivity contribution in [2.24, 2.45) is 5.92 Å². The van der Waals surface area contributed by atoms with Gasteiger partial charge in [0.25, 0.3) is 0 Å². The third-order valence-electron chi connectivity index (χ3n) is 3.67. The van der Waals surface area contributed by atoms with E-state index in [2.05, 4.69) is 10.6 Å². The minimum Gasteiger partial charge on any atom is -0.480 e. The Balaban J connectivity index is 1.96. The van der Waals surface area contributed by atoms with E-state index in [9.17, 15) is 9.59 Å². The van der Waals surface area contributed by atoms with Crippen molar-refractivity contribution in [1.29, 1.82) is 0 Å². The zero-order valence-electron chi connectivity index (χ0n) is 12.5. The molecule has 0 saturated heterocycles. The standard InChI is InChI=1S/C16H22N2O3/c1-10(2)8-14(15(19)20)18-16(21)17-13-7-6-11-4-3-5-12(11)9-13/h6-7,9-10,14H,3-5,8H2,1-2H3,(H,19,20)(H2,17,18,21)/t14-/m0/s1. The molecule has 1 aliphatic carbocycles. The third-order valence-corrected chi connectivity index (χ3v) is 3.67. The Bertz CT molecular complexity index is 540. The van der Waals surface area contributed by atoms with Gasteiger partial charge in [0, 0.05) is 5.69 Å². The van der Waals surface area contributed by atoms with Gasteiger partial charge in [-0.05, 0) is 54.9 Å². The number of amides is 2. The van der Waals surface area contributed by atoms with Gasteiger partial charge in [0.2, 0.25) is 0 Å². The van der Waals surface area contributed by atoms with E-state index in [1.807, 2.05) is 32.0 Å². The van der Waals surface area contributed by atoms with Gasteiger partial charge in [0.1, 0.15) is 6.04 Å². The van der Waals surface area contributed by atoms with E-state index in [-0.39, 0.29) is 5.92 Å². The molecule has 0 saturated carbocycles. The lowest BCUT2D eigenvalue weighted by atomic mass is 10.0. The van der Waals surface area contributed by atoms with E-state index in [0.29, 0.717) is 12.1 Å². The molecule has 114 valence electrons. The summed E-state index contributed by atoms with van der Waals surface area (Å²) in [5.74, 6) is -0.806. The second-order valence-corrected chi connectivity index (χ2v) is 5.96. The Kier molecular flexibility index (Phi) is 4.83. The average molecular weight is 290 g/mol. The SMILES string of the molecule is CC(C)C[C@H](NC(=O)Nc1ccc2c(c1)CCC2)C(=O)O. The smallest absolute Gasteiger partial charge is 0.326 e. The number of nitrogens with one attached hydrogen (secondary N) is 2. The van der Waals surface area contributed by atoms with Crippen LogP contribution in [-0.4, -0.2) is 23.1 Å². The number of carbonyl (C=O) groups is 2. The van der Waals surface area contributed by atoms with Crippen molar-refractivity contribution in [3.8, 4) is 0 Å². The van der Waals surface area contributed by atoms with E-state index in [0.717, 1.165) is 19.3 Å². The lowest BCUT2D eigenvalue weighted by molar-refractivity contribution is -0.139. The van der Waals surface area contributed by atoms with Gasteiger partial charge in [-0.2, -0.15) is 0 Å². The van der Waals surface area contributed by atoms with E-state index in [1.165, 1.54) is 11.1 Å². The molecule has 0 heterocycles. The van der Waals surface area contributed by atoms with Gasteiger partial charge in [0.05, 0.1) is 0 Å². The zero-order chi connectivity index (χ0) is 15.4. The van der Waals surface area contributed by atoms with Crippen LogP contribution in [0.2, 0.25) is 0 Å². The molecule has 1 atom stereocenters. The van der Waals surface area contributed by atoms with E-state index in [4.69, 9.17) is 5.11 Å². The molecule has 5 nitrogen and oxygen atoms in total. The highest BCUT2D eigenvalue weighted by Gasteiger charge is 2.21. The first-order valence-electron chi connectivity index (χ1n) is 7.38. The van der Waals surface area contributed by atoms with Crippen molar-refractivity contribution in [3.05, 3.63) is 29.3 Å². The highest BCUT2D eigenvalue weighted by Crippen LogP contribution is 2.24. The van der Waals surface area contributed by atoms with Crippen molar-refractivity contribution in [1.82, 2.24) is 5.32 Å². The Morgan fingerprint density at radius 2 is 1.95 bits per heavy atom. The zero-order valence-corrected chi connectivity index (χ0v) is 12.5. The summed E-state index contributed by atoms with van der Waals surface area (Å²) >= 11 is 0. The van der Waals surface area contributed by atoms with Crippen LogP contribution in [0.4, 0.5) is 10.5 Å². The maximum absolute atomic E-state index is 11.9. The molecule has 2 rings (SSSR count). The second kappa shape index (κ2) is 6.61. The summed E-state index contributed by atoms with van der Waals surface area (Å²) in [6.07, 6.45) is 3.70. The van der Waals surface area contributed by atoms with Gasteiger partial charge >= 0.3 is 12.0 Å². The molecular weight excluding hydrogens is 268 g/mol. The second-order valence-electron chi connectivity index (χ2n) is 5.96. The number of carboxylic acid groups (broad SMARTS) is 1. The lowest BCUT2D eigenvalue weighted by Gasteiger charge is -2.17. The van der Waals surface area contributed by atoms with Gasteiger partial charge in [-0.3, -0.25) is 0 Å². The summed E-state index contributed by atoms with van der Waals surface area (Å²) in [4.78, 5) is 23.1. The molecule has 0 spiro atoms. The summed E-state index contributed by atoms with van der Waals surface area (Å²) < 4.78 is 0. The molecule has 0 unspecified atom stereocenters. The molecular formula is C16H22N2O3. The largest absolute Gasteiger partial charge is 0.480 e. The van der Waals surface area contributed by atoms with Crippen molar-refractivity contribution in [2.45, 2.75) is 45.6 Å². The average Bonchev–Trinajstić information content (AvgIpc) is 2.84. The van der Waals surface area contributed by atoms with Crippen LogP contribution in [0.1, 0.15) is 37.8 Å². The number of carbonyl (C=O) groups excluding carboxylic acids is 1. The molecule has 2 amide bonds. The van der Waals surface area contributed by atoms with Gasteiger partial charge in [0.15, 0.2) is 0 Å². The predicted molar refractivity (Wildman–Crippen MR) is 81.5 cm³/mol. The van der Waals surface area contributed by atoms with Gasteiger partial charge in [-0.15, -0.1) is 0 Å². The molecule has 1 aliphatic rings. The van der Waals surface area contributed by atoms with E-state index >= 15 is 0 Å². The predicted octanol–water partition coefficient (Wildman–Crippen LogP) is 2.80. The van der Waals surface area contributed by atoms with Crippen LogP contribution in [0, 0.1) is 5.92 Å². The number of benzene rings is 1. The Labute approximate surface area is 124 Å². The molecule has 0 radical (unpaired) electrons. The fraction of sp³-hybridized carbons (Fsp3) is 0.500. The van der Waals surface area contributed by atoms with Crippen molar-refractivity contribution in [3.63, 3.8) is 0 Å². The maximum atomic E-state index is 11.9. The van der Waals surface area contributed by atoms with Crippen LogP contribution < -0.4 is 10.6 Å². The fourth-order valence-electron chi connectivity index (χ4n) is 2.67. The summed E-state index contributed by atoms with van der Waals surface area (Å²) in [6.45, 7) is 3.85. The number of rotatable bonds is 5. The van der Waals surface area contributed by atoms with Crippen molar-refractivity contribution < 1.29 is 14.7 Å². The third kappa shape index (κ3) is 4.21. The van der Waals surface area contributed by atoms with Crippen LogP contribution in [-0.2, 0) is 17.6 Å². The first-order valence-corrected chi connectivity index (χ1v) is 7.38. The topological polar surface area (TPSA) is 78.4 Å². The van der Waals surface area contributed by atoms with Gasteiger partial charge < -0.3 is 15.7 Å². The van der Waals surface area contributed by atoms with Gasteiger partial charge in [-0.25, -0.2) is 9.59 Å². The fourth-order valence-corrected chi connectivity index (χ4v) is 2.67. The summed E-state index contributed by atoms with van der Waals surface area (Å²) in [5, 5.41) is 14.4. The molecule has 5 heteroatoms. The van der Waals surface area contributed by atoms with Crippen molar-refractivity contribution >= 4 is 17.7 Å². The Hall–Kier alpha value is -2.04. The minimum absolute atomic E-state index is 0.200. The number of carboxylic acids is 1. The molecule has 0 aromatic heterocycles. The quantitative estimate of drug-likeness (QED) is 0.780. The van der Waals surface area contributed by atoms with Crippen LogP contribution >= 0.6 is 0 Å². The number of aliphatic carboxylic acids is 1.